The smallest absolute Gasteiger partial charge is 0.361 e. The number of carbonyl (C=O) groups excluding carboxylic acids is 2. The van der Waals surface area contributed by atoms with Crippen molar-refractivity contribution in [3.05, 3.63) is 0 Å². The van der Waals surface area contributed by atoms with Crippen LogP contribution in [0.25, 0.3) is 0 Å². The summed E-state index contributed by atoms with van der Waals surface area (Å²) < 4.78 is 0. The number of carboxylic acids is 1. The molecule has 0 aliphatic heterocycles. The molecule has 0 aromatic carbocycles. The topological polar surface area (TPSA) is 96.3 Å². The molecule has 1 aliphatic rings. The highest BCUT2D eigenvalue weighted by atomic mass is 16.6. The van der Waals surface area contributed by atoms with E-state index in [1.807, 2.05) is 0 Å². The van der Waals surface area contributed by atoms with Crippen molar-refractivity contribution >= 4 is 23.4 Å². The van der Waals surface area contributed by atoms with Crippen LogP contribution in [0.2, 0.25) is 0 Å². The molecule has 0 unspecified atom stereocenters. The molecular weight excluding hydrogens is 264 g/mol. The third kappa shape index (κ3) is 4.32. The van der Waals surface area contributed by atoms with E-state index < -0.39 is 17.5 Å². The standard InChI is InChI=1S/C13H20N2O5/c1-8(16)11(13(18)19)14-20-10-6-4-9(5-7-10)12(17)15(2)3/h9-10H,4-7H2,1-3H3,(H,18,19)/b14-11-. The minimum Gasteiger partial charge on any atom is -0.476 e. The van der Waals surface area contributed by atoms with Gasteiger partial charge in [0.15, 0.2) is 5.78 Å². The average Bonchev–Trinajstić information content (AvgIpc) is 2.38. The van der Waals surface area contributed by atoms with Crippen LogP contribution >= 0.6 is 0 Å². The van der Waals surface area contributed by atoms with Gasteiger partial charge in [-0.15, -0.1) is 0 Å². The van der Waals surface area contributed by atoms with Crippen LogP contribution in [0.4, 0.5) is 0 Å². The first-order valence-corrected chi connectivity index (χ1v) is 6.52. The Morgan fingerprint density at radius 3 is 2.10 bits per heavy atom. The zero-order valence-electron chi connectivity index (χ0n) is 12.0. The van der Waals surface area contributed by atoms with E-state index in [9.17, 15) is 14.4 Å². The summed E-state index contributed by atoms with van der Waals surface area (Å²) in [4.78, 5) is 40.3. The minimum absolute atomic E-state index is 0.0134. The van der Waals surface area contributed by atoms with Gasteiger partial charge in [-0.2, -0.15) is 0 Å². The summed E-state index contributed by atoms with van der Waals surface area (Å²) in [6.07, 6.45) is 2.37. The molecule has 1 N–H and O–H groups in total. The number of rotatable bonds is 5. The largest absolute Gasteiger partial charge is 0.476 e. The van der Waals surface area contributed by atoms with Crippen LogP contribution in [0.3, 0.4) is 0 Å². The van der Waals surface area contributed by atoms with Crippen LogP contribution in [0, 0.1) is 5.92 Å². The van der Waals surface area contributed by atoms with Crippen molar-refractivity contribution in [1.82, 2.24) is 4.90 Å². The van der Waals surface area contributed by atoms with E-state index in [4.69, 9.17) is 9.94 Å². The number of oxime groups is 1. The quantitative estimate of drug-likeness (QED) is 0.455. The van der Waals surface area contributed by atoms with Gasteiger partial charge >= 0.3 is 5.97 Å². The predicted molar refractivity (Wildman–Crippen MR) is 71.3 cm³/mol. The Balaban J connectivity index is 2.51. The number of nitrogens with zero attached hydrogens (tertiary/aromatic N) is 2. The second-order valence-corrected chi connectivity index (χ2v) is 5.11. The van der Waals surface area contributed by atoms with Gasteiger partial charge in [-0.3, -0.25) is 9.59 Å². The molecule has 0 aromatic rings. The summed E-state index contributed by atoms with van der Waals surface area (Å²) >= 11 is 0. The molecule has 0 atom stereocenters. The van der Waals surface area contributed by atoms with E-state index in [1.165, 1.54) is 0 Å². The number of hydrogen-bond acceptors (Lipinski definition) is 5. The number of hydrogen-bond donors (Lipinski definition) is 1. The van der Waals surface area contributed by atoms with Gasteiger partial charge in [-0.05, 0) is 25.7 Å². The maximum Gasteiger partial charge on any atom is 0.361 e. The van der Waals surface area contributed by atoms with E-state index >= 15 is 0 Å². The molecular formula is C13H20N2O5. The van der Waals surface area contributed by atoms with E-state index in [0.717, 1.165) is 6.92 Å². The summed E-state index contributed by atoms with van der Waals surface area (Å²) in [6.45, 7) is 1.13. The van der Waals surface area contributed by atoms with Crippen LogP contribution in [0.1, 0.15) is 32.6 Å². The number of carbonyl (C=O) groups is 3. The monoisotopic (exact) mass is 284 g/mol. The van der Waals surface area contributed by atoms with Crippen LogP contribution < -0.4 is 0 Å². The molecule has 1 aliphatic carbocycles. The summed E-state index contributed by atoms with van der Waals surface area (Å²) in [5, 5.41) is 12.2. The van der Waals surface area contributed by atoms with Crippen molar-refractivity contribution in [3.8, 4) is 0 Å². The van der Waals surface area contributed by atoms with Gasteiger partial charge in [0.2, 0.25) is 11.6 Å². The lowest BCUT2D eigenvalue weighted by molar-refractivity contribution is -0.135. The fourth-order valence-corrected chi connectivity index (χ4v) is 2.16. The average molecular weight is 284 g/mol. The molecule has 0 aromatic heterocycles. The highest BCUT2D eigenvalue weighted by molar-refractivity contribution is 6.63. The van der Waals surface area contributed by atoms with Gasteiger partial charge in [-0.25, -0.2) is 4.79 Å². The van der Waals surface area contributed by atoms with Crippen molar-refractivity contribution in [3.63, 3.8) is 0 Å². The molecule has 0 spiro atoms. The van der Waals surface area contributed by atoms with Crippen molar-refractivity contribution in [2.24, 2.45) is 11.1 Å². The zero-order chi connectivity index (χ0) is 15.3. The van der Waals surface area contributed by atoms with Crippen LogP contribution in [-0.4, -0.2) is 53.6 Å². The number of amides is 1. The number of aliphatic carboxylic acids is 1. The van der Waals surface area contributed by atoms with E-state index in [-0.39, 0.29) is 17.9 Å². The first kappa shape index (κ1) is 16.1. The Morgan fingerprint density at radius 1 is 1.15 bits per heavy atom. The molecule has 0 radical (unpaired) electrons. The second-order valence-electron chi connectivity index (χ2n) is 5.11. The molecule has 1 amide bonds. The van der Waals surface area contributed by atoms with Crippen molar-refractivity contribution in [2.75, 3.05) is 14.1 Å². The molecule has 1 saturated carbocycles. The van der Waals surface area contributed by atoms with Crippen molar-refractivity contribution in [2.45, 2.75) is 38.7 Å². The lowest BCUT2D eigenvalue weighted by atomic mass is 9.86. The third-order valence-electron chi connectivity index (χ3n) is 3.29. The zero-order valence-corrected chi connectivity index (χ0v) is 12.0. The lowest BCUT2D eigenvalue weighted by Gasteiger charge is -2.28. The lowest BCUT2D eigenvalue weighted by Crippen LogP contribution is -2.33. The molecule has 1 fully saturated rings. The summed E-state index contributed by atoms with van der Waals surface area (Å²) in [7, 11) is 3.45. The first-order valence-electron chi connectivity index (χ1n) is 6.52. The summed E-state index contributed by atoms with van der Waals surface area (Å²) in [5.41, 5.74) is -0.600. The maximum absolute atomic E-state index is 11.8. The molecule has 7 nitrogen and oxygen atoms in total. The summed E-state index contributed by atoms with van der Waals surface area (Å²) in [5.74, 6) is -1.95. The Morgan fingerprint density at radius 2 is 1.70 bits per heavy atom. The van der Waals surface area contributed by atoms with Gasteiger partial charge in [0.1, 0.15) is 6.10 Å². The molecule has 0 heterocycles. The molecule has 0 saturated heterocycles. The molecule has 7 heteroatoms. The first-order chi connectivity index (χ1) is 9.32. The fraction of sp³-hybridized carbons (Fsp3) is 0.692. The third-order valence-corrected chi connectivity index (χ3v) is 3.29. The van der Waals surface area contributed by atoms with Gasteiger partial charge in [0.05, 0.1) is 0 Å². The van der Waals surface area contributed by atoms with Gasteiger partial charge < -0.3 is 14.8 Å². The molecule has 20 heavy (non-hydrogen) atoms. The fourth-order valence-electron chi connectivity index (χ4n) is 2.16. The van der Waals surface area contributed by atoms with Crippen LogP contribution in [0.5, 0.6) is 0 Å². The predicted octanol–water partition coefficient (Wildman–Crippen LogP) is 0.680. The molecule has 0 bridgehead atoms. The molecule has 1 rings (SSSR count). The highest BCUT2D eigenvalue weighted by Crippen LogP contribution is 2.27. The summed E-state index contributed by atoms with van der Waals surface area (Å²) in [6, 6.07) is 0. The normalized spacial score (nSPS) is 23.1. The SMILES string of the molecule is CC(=O)/C(=N/OC1CCC(C(=O)N(C)C)CC1)C(=O)O. The van der Waals surface area contributed by atoms with E-state index in [2.05, 4.69) is 5.16 Å². The Hall–Kier alpha value is -1.92. The number of Topliss-reactive ketones (excluding diaryl/α,β-unsaturated/α-hetero) is 1. The highest BCUT2D eigenvalue weighted by Gasteiger charge is 2.28. The van der Waals surface area contributed by atoms with Gasteiger partial charge in [0, 0.05) is 26.9 Å². The Kier molecular flexibility index (Phi) is 5.66. The molecule has 112 valence electrons. The van der Waals surface area contributed by atoms with Crippen molar-refractivity contribution in [1.29, 1.82) is 0 Å². The Bertz CT molecular complexity index is 406. The van der Waals surface area contributed by atoms with E-state index in [0.29, 0.717) is 25.7 Å². The van der Waals surface area contributed by atoms with Gasteiger partial charge in [-0.1, -0.05) is 5.16 Å². The number of ketones is 1. The van der Waals surface area contributed by atoms with Crippen molar-refractivity contribution < 1.29 is 24.3 Å². The second kappa shape index (κ2) is 7.02. The minimum atomic E-state index is -1.39. The van der Waals surface area contributed by atoms with Crippen LogP contribution in [0.15, 0.2) is 5.16 Å². The van der Waals surface area contributed by atoms with E-state index in [1.54, 1.807) is 19.0 Å². The van der Waals surface area contributed by atoms with Gasteiger partial charge in [0.25, 0.3) is 0 Å². The Labute approximate surface area is 117 Å². The maximum atomic E-state index is 11.8. The number of carboxylic acid groups (broad SMARTS) is 1. The van der Waals surface area contributed by atoms with Crippen LogP contribution in [-0.2, 0) is 19.2 Å².